The number of hydrogen-bond donors (Lipinski definition) is 2. The number of nitrogens with zero attached hydrogens (tertiary/aromatic N) is 2. The van der Waals surface area contributed by atoms with Crippen molar-refractivity contribution < 1.29 is 9.13 Å². The third-order valence-electron chi connectivity index (χ3n) is 3.16. The summed E-state index contributed by atoms with van der Waals surface area (Å²) < 4.78 is 4.18. The second kappa shape index (κ2) is 4.14. The molecule has 0 radical (unpaired) electrons. The molecule has 0 spiro atoms. The molecule has 3 aromatic rings. The van der Waals surface area contributed by atoms with E-state index >= 15 is 0 Å². The van der Waals surface area contributed by atoms with Crippen molar-refractivity contribution in [2.24, 2.45) is 0 Å². The van der Waals surface area contributed by atoms with Gasteiger partial charge in [0, 0.05) is 11.1 Å². The van der Waals surface area contributed by atoms with E-state index in [4.69, 9.17) is 0 Å². The quantitative estimate of drug-likeness (QED) is 0.638. The SMILES string of the molecule is Cc1cc(-[n+]2cc[nH]c2)c(C)cc1-[n+]1cc[nH]c1. The Balaban J connectivity index is 2.15. The Bertz CT molecular complexity index is 591. The van der Waals surface area contributed by atoms with Crippen LogP contribution in [0.5, 0.6) is 0 Å². The second-order valence-electron chi connectivity index (χ2n) is 4.46. The molecule has 0 unspecified atom stereocenters. The number of aromatic amines is 2. The molecule has 2 N–H and O–H groups in total. The molecule has 0 aliphatic heterocycles. The summed E-state index contributed by atoms with van der Waals surface area (Å²) >= 11 is 0. The van der Waals surface area contributed by atoms with Gasteiger partial charge in [0.25, 0.3) is 0 Å². The predicted octanol–water partition coefficient (Wildman–Crippen LogP) is 1.51. The van der Waals surface area contributed by atoms with Gasteiger partial charge >= 0.3 is 0 Å². The topological polar surface area (TPSA) is 39.3 Å². The van der Waals surface area contributed by atoms with Crippen molar-refractivity contribution in [3.8, 4) is 11.4 Å². The van der Waals surface area contributed by atoms with Crippen LogP contribution in [0.15, 0.2) is 49.6 Å². The van der Waals surface area contributed by atoms with Crippen LogP contribution in [0.3, 0.4) is 0 Å². The van der Waals surface area contributed by atoms with E-state index in [1.165, 1.54) is 22.5 Å². The van der Waals surface area contributed by atoms with Crippen molar-refractivity contribution >= 4 is 0 Å². The van der Waals surface area contributed by atoms with Crippen LogP contribution in [0.1, 0.15) is 11.1 Å². The van der Waals surface area contributed by atoms with E-state index in [1.54, 1.807) is 0 Å². The average Bonchev–Trinajstić information content (AvgIpc) is 3.02. The molecule has 4 heteroatoms. The maximum Gasteiger partial charge on any atom is 0.246 e. The Morgan fingerprint density at radius 2 is 1.22 bits per heavy atom. The molecular formula is C14H16N4+2. The minimum atomic E-state index is 1.20. The Hall–Kier alpha value is -2.36. The summed E-state index contributed by atoms with van der Waals surface area (Å²) in [4.78, 5) is 6.14. The molecule has 2 aromatic heterocycles. The van der Waals surface area contributed by atoms with E-state index < -0.39 is 0 Å². The van der Waals surface area contributed by atoms with Crippen molar-refractivity contribution in [3.63, 3.8) is 0 Å². The molecule has 18 heavy (non-hydrogen) atoms. The van der Waals surface area contributed by atoms with Crippen molar-refractivity contribution in [1.82, 2.24) is 9.97 Å². The van der Waals surface area contributed by atoms with Gasteiger partial charge in [0.05, 0.1) is 0 Å². The highest BCUT2D eigenvalue weighted by atomic mass is 15.0. The van der Waals surface area contributed by atoms with Crippen LogP contribution >= 0.6 is 0 Å². The molecule has 0 amide bonds. The lowest BCUT2D eigenvalue weighted by Gasteiger charge is -2.06. The molecule has 0 saturated carbocycles. The van der Waals surface area contributed by atoms with Crippen LogP contribution in [0.4, 0.5) is 0 Å². The summed E-state index contributed by atoms with van der Waals surface area (Å²) in [6, 6.07) is 4.41. The maximum absolute atomic E-state index is 3.07. The van der Waals surface area contributed by atoms with Crippen LogP contribution < -0.4 is 9.13 Å². The minimum absolute atomic E-state index is 1.20. The number of rotatable bonds is 2. The number of nitrogens with one attached hydrogen (secondary N) is 2. The van der Waals surface area contributed by atoms with Gasteiger partial charge in [0.1, 0.15) is 36.2 Å². The van der Waals surface area contributed by atoms with Gasteiger partial charge < -0.3 is 0 Å². The number of aromatic nitrogens is 4. The first-order valence-electron chi connectivity index (χ1n) is 5.96. The van der Waals surface area contributed by atoms with Crippen LogP contribution in [0, 0.1) is 13.8 Å². The largest absolute Gasteiger partial charge is 0.250 e. The van der Waals surface area contributed by atoms with Gasteiger partial charge in [-0.05, 0) is 26.0 Å². The summed E-state index contributed by atoms with van der Waals surface area (Å²) in [7, 11) is 0. The minimum Gasteiger partial charge on any atom is -0.250 e. The summed E-state index contributed by atoms with van der Waals surface area (Å²) in [5.41, 5.74) is 4.89. The van der Waals surface area contributed by atoms with Crippen molar-refractivity contribution in [2.75, 3.05) is 0 Å². The summed E-state index contributed by atoms with van der Waals surface area (Å²) in [5.74, 6) is 0. The average molecular weight is 240 g/mol. The standard InChI is InChI=1S/C14H14N4/c1-11-7-14(18-6-4-16-10-18)12(2)8-13(11)17-5-3-15-9-17/h3-10H,1-2H3/p+2. The van der Waals surface area contributed by atoms with E-state index in [1.807, 2.05) is 37.4 Å². The highest BCUT2D eigenvalue weighted by molar-refractivity contribution is 5.45. The monoisotopic (exact) mass is 240 g/mol. The van der Waals surface area contributed by atoms with E-state index in [9.17, 15) is 0 Å². The molecule has 4 nitrogen and oxygen atoms in total. The first kappa shape index (κ1) is 10.8. The molecule has 3 rings (SSSR count). The molecule has 0 bridgehead atoms. The molecule has 0 fully saturated rings. The smallest absolute Gasteiger partial charge is 0.246 e. The fraction of sp³-hybridized carbons (Fsp3) is 0.143. The fourth-order valence-electron chi connectivity index (χ4n) is 2.22. The number of imidazole rings is 2. The van der Waals surface area contributed by atoms with Crippen molar-refractivity contribution in [1.29, 1.82) is 0 Å². The van der Waals surface area contributed by atoms with Gasteiger partial charge in [-0.3, -0.25) is 0 Å². The molecule has 0 aliphatic carbocycles. The van der Waals surface area contributed by atoms with Gasteiger partial charge in [-0.1, -0.05) is 0 Å². The number of hydrogen-bond acceptors (Lipinski definition) is 0. The van der Waals surface area contributed by atoms with Crippen LogP contribution in [-0.2, 0) is 0 Å². The third kappa shape index (κ3) is 1.72. The summed E-state index contributed by atoms with van der Waals surface area (Å²) in [5, 5.41) is 0. The van der Waals surface area contributed by atoms with Crippen molar-refractivity contribution in [3.05, 3.63) is 60.7 Å². The lowest BCUT2D eigenvalue weighted by atomic mass is 10.1. The van der Waals surface area contributed by atoms with E-state index in [0.29, 0.717) is 0 Å². The second-order valence-corrected chi connectivity index (χ2v) is 4.46. The zero-order chi connectivity index (χ0) is 12.5. The number of H-pyrrole nitrogens is 2. The zero-order valence-electron chi connectivity index (χ0n) is 10.5. The molecule has 0 saturated heterocycles. The molecule has 90 valence electrons. The summed E-state index contributed by atoms with van der Waals surface area (Å²) in [6.07, 6.45) is 11.8. The first-order chi connectivity index (χ1) is 8.75. The Morgan fingerprint density at radius 3 is 1.56 bits per heavy atom. The zero-order valence-corrected chi connectivity index (χ0v) is 10.5. The van der Waals surface area contributed by atoms with Crippen LogP contribution in [0.25, 0.3) is 11.4 Å². The lowest BCUT2D eigenvalue weighted by molar-refractivity contribution is -0.598. The number of aryl methyl sites for hydroxylation is 2. The number of benzene rings is 1. The van der Waals surface area contributed by atoms with Gasteiger partial charge in [-0.2, -0.15) is 0 Å². The normalized spacial score (nSPS) is 10.8. The van der Waals surface area contributed by atoms with Gasteiger partial charge in [-0.15, -0.1) is 0 Å². The van der Waals surface area contributed by atoms with Crippen LogP contribution in [0.2, 0.25) is 0 Å². The Kier molecular flexibility index (Phi) is 2.48. The highest BCUT2D eigenvalue weighted by Gasteiger charge is 2.13. The van der Waals surface area contributed by atoms with Crippen molar-refractivity contribution in [2.45, 2.75) is 13.8 Å². The van der Waals surface area contributed by atoms with Gasteiger partial charge in [0.2, 0.25) is 12.7 Å². The molecule has 0 atom stereocenters. The summed E-state index contributed by atoms with van der Waals surface area (Å²) in [6.45, 7) is 4.26. The third-order valence-corrected chi connectivity index (χ3v) is 3.16. The van der Waals surface area contributed by atoms with E-state index in [0.717, 1.165) is 0 Å². The molecule has 0 aliphatic rings. The van der Waals surface area contributed by atoms with Gasteiger partial charge in [0.15, 0.2) is 0 Å². The van der Waals surface area contributed by atoms with Crippen LogP contribution in [-0.4, -0.2) is 9.97 Å². The first-order valence-corrected chi connectivity index (χ1v) is 5.96. The van der Waals surface area contributed by atoms with Gasteiger partial charge in [-0.25, -0.2) is 19.1 Å². The molecule has 1 aromatic carbocycles. The van der Waals surface area contributed by atoms with E-state index in [2.05, 4.69) is 45.1 Å². The highest BCUT2D eigenvalue weighted by Crippen LogP contribution is 2.15. The molecule has 2 heterocycles. The Labute approximate surface area is 106 Å². The Morgan fingerprint density at radius 1 is 0.778 bits per heavy atom. The molecular weight excluding hydrogens is 224 g/mol. The maximum atomic E-state index is 3.07. The van der Waals surface area contributed by atoms with E-state index in [-0.39, 0.29) is 0 Å². The lowest BCUT2D eigenvalue weighted by Crippen LogP contribution is -2.32. The fourth-order valence-corrected chi connectivity index (χ4v) is 2.22. The predicted molar refractivity (Wildman–Crippen MR) is 67.7 cm³/mol.